The molecule has 0 aliphatic carbocycles. The Morgan fingerprint density at radius 2 is 2.11 bits per heavy atom. The number of aromatic nitrogens is 1. The Morgan fingerprint density at radius 1 is 1.33 bits per heavy atom. The minimum atomic E-state index is -0.704. The molecule has 0 aliphatic rings. The first-order chi connectivity index (χ1) is 8.56. The molecule has 18 heavy (non-hydrogen) atoms. The number of rotatable bonds is 2. The summed E-state index contributed by atoms with van der Waals surface area (Å²) in [5.41, 5.74) is 1.26. The van der Waals surface area contributed by atoms with E-state index in [4.69, 9.17) is 0 Å². The van der Waals surface area contributed by atoms with E-state index in [9.17, 15) is 14.3 Å². The van der Waals surface area contributed by atoms with Crippen LogP contribution in [0.2, 0.25) is 0 Å². The smallest absolute Gasteiger partial charge is 0.274 e. The maximum atomic E-state index is 12.9. The Bertz CT molecular complexity index is 599. The molecular weight excluding hydrogens is 235 g/mol. The van der Waals surface area contributed by atoms with E-state index in [0.29, 0.717) is 11.3 Å². The first-order valence-corrected chi connectivity index (χ1v) is 5.30. The minimum absolute atomic E-state index is 0.00229. The predicted molar refractivity (Wildman–Crippen MR) is 65.0 cm³/mol. The fraction of sp³-hybridized carbons (Fsp3) is 0.0769. The molecule has 0 spiro atoms. The largest absolute Gasteiger partial charge is 0.508 e. The molecule has 0 saturated heterocycles. The molecule has 0 saturated carbocycles. The Balaban J connectivity index is 2.21. The number of hydrogen-bond acceptors (Lipinski definition) is 3. The van der Waals surface area contributed by atoms with Gasteiger partial charge in [-0.3, -0.25) is 4.79 Å². The number of hydrogen-bond donors (Lipinski definition) is 2. The molecule has 0 atom stereocenters. The third-order valence-corrected chi connectivity index (χ3v) is 2.41. The van der Waals surface area contributed by atoms with Gasteiger partial charge in [0.2, 0.25) is 5.95 Å². The fourth-order valence-electron chi connectivity index (χ4n) is 1.51. The molecule has 2 rings (SSSR count). The van der Waals surface area contributed by atoms with E-state index in [1.807, 2.05) is 0 Å². The summed E-state index contributed by atoms with van der Waals surface area (Å²) in [6.07, 6.45) is 0. The van der Waals surface area contributed by atoms with Crippen molar-refractivity contribution in [2.24, 2.45) is 0 Å². The number of pyridine rings is 1. The summed E-state index contributed by atoms with van der Waals surface area (Å²) < 4.78 is 12.9. The zero-order valence-electron chi connectivity index (χ0n) is 9.64. The number of aryl methyl sites for hydroxylation is 1. The second-order valence-corrected chi connectivity index (χ2v) is 3.80. The van der Waals surface area contributed by atoms with Gasteiger partial charge in [0, 0.05) is 5.69 Å². The Morgan fingerprint density at radius 3 is 2.78 bits per heavy atom. The molecule has 5 heteroatoms. The number of carbonyl (C=O) groups excluding carboxylic acids is 1. The van der Waals surface area contributed by atoms with Gasteiger partial charge in [-0.1, -0.05) is 6.07 Å². The molecule has 4 nitrogen and oxygen atoms in total. The molecule has 0 bridgehead atoms. The van der Waals surface area contributed by atoms with Gasteiger partial charge >= 0.3 is 0 Å². The van der Waals surface area contributed by atoms with Crippen LogP contribution in [0.3, 0.4) is 0 Å². The number of nitrogens with zero attached hydrogens (tertiary/aromatic N) is 1. The van der Waals surface area contributed by atoms with Crippen molar-refractivity contribution in [1.29, 1.82) is 0 Å². The SMILES string of the molecule is Cc1cc(O)ccc1NC(=O)c1cccc(F)n1. The van der Waals surface area contributed by atoms with Crippen LogP contribution in [0, 0.1) is 12.9 Å². The van der Waals surface area contributed by atoms with Crippen LogP contribution in [0.5, 0.6) is 5.75 Å². The van der Waals surface area contributed by atoms with Crippen LogP contribution in [0.15, 0.2) is 36.4 Å². The highest BCUT2D eigenvalue weighted by molar-refractivity contribution is 6.03. The molecule has 1 heterocycles. The quantitative estimate of drug-likeness (QED) is 0.632. The predicted octanol–water partition coefficient (Wildman–Crippen LogP) is 2.49. The number of amides is 1. The summed E-state index contributed by atoms with van der Waals surface area (Å²) in [7, 11) is 0. The van der Waals surface area contributed by atoms with Crippen molar-refractivity contribution in [3.63, 3.8) is 0 Å². The van der Waals surface area contributed by atoms with E-state index in [1.54, 1.807) is 13.0 Å². The van der Waals surface area contributed by atoms with E-state index in [0.717, 1.165) is 0 Å². The third-order valence-electron chi connectivity index (χ3n) is 2.41. The van der Waals surface area contributed by atoms with Crippen LogP contribution >= 0.6 is 0 Å². The first-order valence-electron chi connectivity index (χ1n) is 5.30. The Hall–Kier alpha value is -2.43. The topological polar surface area (TPSA) is 62.2 Å². The van der Waals surface area contributed by atoms with E-state index in [-0.39, 0.29) is 11.4 Å². The standard InChI is InChI=1S/C13H11FN2O2/c1-8-7-9(17)5-6-10(8)16-13(18)11-3-2-4-12(14)15-11/h2-7,17H,1H3,(H,16,18). The molecule has 1 amide bonds. The average molecular weight is 246 g/mol. The van der Waals surface area contributed by atoms with Gasteiger partial charge in [0.15, 0.2) is 0 Å². The van der Waals surface area contributed by atoms with Gasteiger partial charge in [0.1, 0.15) is 11.4 Å². The summed E-state index contributed by atoms with van der Waals surface area (Å²) in [6, 6.07) is 8.57. The number of phenolic OH excluding ortho intramolecular Hbond substituents is 1. The normalized spacial score (nSPS) is 10.1. The summed E-state index contributed by atoms with van der Waals surface area (Å²) in [5, 5.41) is 11.9. The molecular formula is C13H11FN2O2. The van der Waals surface area contributed by atoms with Crippen LogP contribution in [0.25, 0.3) is 0 Å². The Kier molecular flexibility index (Phi) is 3.23. The lowest BCUT2D eigenvalue weighted by atomic mass is 10.2. The monoisotopic (exact) mass is 246 g/mol. The highest BCUT2D eigenvalue weighted by atomic mass is 19.1. The molecule has 2 N–H and O–H groups in total. The van der Waals surface area contributed by atoms with Gasteiger partial charge in [-0.25, -0.2) is 4.98 Å². The minimum Gasteiger partial charge on any atom is -0.508 e. The number of carbonyl (C=O) groups is 1. The highest BCUT2D eigenvalue weighted by Crippen LogP contribution is 2.20. The first kappa shape index (κ1) is 12.0. The summed E-state index contributed by atoms with van der Waals surface area (Å²) in [6.45, 7) is 1.74. The van der Waals surface area contributed by atoms with Crippen molar-refractivity contribution in [3.05, 3.63) is 53.6 Å². The van der Waals surface area contributed by atoms with Crippen LogP contribution < -0.4 is 5.32 Å². The van der Waals surface area contributed by atoms with E-state index < -0.39 is 11.9 Å². The number of nitrogens with one attached hydrogen (secondary N) is 1. The molecule has 1 aromatic carbocycles. The molecule has 2 aromatic rings. The van der Waals surface area contributed by atoms with Gasteiger partial charge in [-0.15, -0.1) is 0 Å². The van der Waals surface area contributed by atoms with Crippen molar-refractivity contribution >= 4 is 11.6 Å². The van der Waals surface area contributed by atoms with Crippen LogP contribution in [-0.4, -0.2) is 16.0 Å². The van der Waals surface area contributed by atoms with Gasteiger partial charge in [0.05, 0.1) is 0 Å². The van der Waals surface area contributed by atoms with Gasteiger partial charge in [-0.05, 0) is 42.8 Å². The zero-order chi connectivity index (χ0) is 13.1. The van der Waals surface area contributed by atoms with Gasteiger partial charge in [-0.2, -0.15) is 4.39 Å². The lowest BCUT2D eigenvalue weighted by molar-refractivity contribution is 0.102. The summed E-state index contributed by atoms with van der Waals surface area (Å²) in [4.78, 5) is 15.3. The van der Waals surface area contributed by atoms with Crippen molar-refractivity contribution in [1.82, 2.24) is 4.98 Å². The van der Waals surface area contributed by atoms with E-state index >= 15 is 0 Å². The maximum absolute atomic E-state index is 12.9. The van der Waals surface area contributed by atoms with Crippen molar-refractivity contribution < 1.29 is 14.3 Å². The van der Waals surface area contributed by atoms with Crippen LogP contribution in [0.1, 0.15) is 16.1 Å². The van der Waals surface area contributed by atoms with Crippen molar-refractivity contribution in [3.8, 4) is 5.75 Å². The second kappa shape index (κ2) is 4.83. The third kappa shape index (κ3) is 2.63. The fourth-order valence-corrected chi connectivity index (χ4v) is 1.51. The van der Waals surface area contributed by atoms with Crippen molar-refractivity contribution in [2.45, 2.75) is 6.92 Å². The van der Waals surface area contributed by atoms with Gasteiger partial charge < -0.3 is 10.4 Å². The molecule has 0 unspecified atom stereocenters. The molecule has 92 valence electrons. The summed E-state index contributed by atoms with van der Waals surface area (Å²) >= 11 is 0. The highest BCUT2D eigenvalue weighted by Gasteiger charge is 2.10. The second-order valence-electron chi connectivity index (χ2n) is 3.80. The number of aromatic hydroxyl groups is 1. The number of phenols is 1. The van der Waals surface area contributed by atoms with Crippen LogP contribution in [0.4, 0.5) is 10.1 Å². The molecule has 1 aromatic heterocycles. The maximum Gasteiger partial charge on any atom is 0.274 e. The van der Waals surface area contributed by atoms with Gasteiger partial charge in [0.25, 0.3) is 5.91 Å². The zero-order valence-corrected chi connectivity index (χ0v) is 9.64. The number of benzene rings is 1. The van der Waals surface area contributed by atoms with E-state index in [2.05, 4.69) is 10.3 Å². The lowest BCUT2D eigenvalue weighted by Crippen LogP contribution is -2.14. The van der Waals surface area contributed by atoms with Crippen LogP contribution in [-0.2, 0) is 0 Å². The lowest BCUT2D eigenvalue weighted by Gasteiger charge is -2.08. The molecule has 0 aliphatic heterocycles. The van der Waals surface area contributed by atoms with E-state index in [1.165, 1.54) is 30.3 Å². The Labute approximate surface area is 103 Å². The average Bonchev–Trinajstić information content (AvgIpc) is 2.32. The summed E-state index contributed by atoms with van der Waals surface area (Å²) in [5.74, 6) is -1.08. The number of halogens is 1. The molecule has 0 radical (unpaired) electrons. The number of anilines is 1. The van der Waals surface area contributed by atoms with Crippen molar-refractivity contribution in [2.75, 3.05) is 5.32 Å². The molecule has 0 fully saturated rings.